The lowest BCUT2D eigenvalue weighted by Gasteiger charge is -2.30. The standard InChI is InChI=1S/C22H25IN4O2/c1-27(2)18-13-21(26-17-6-4-3-5-16(17)18)24-14-7-9-15(10-8-14)25-22(28)19-11-12-20(23)29-19/h3-6,11-15H,7-10H2,1-2H3,(H,24,26)(H,25,28)/t14-,15+. The number of nitrogens with zero attached hydrogens (tertiary/aromatic N) is 2. The molecule has 0 spiro atoms. The second kappa shape index (κ2) is 8.61. The molecule has 1 aliphatic rings. The number of nitrogens with one attached hydrogen (secondary N) is 2. The molecule has 3 aromatic rings. The van der Waals surface area contributed by atoms with E-state index in [-0.39, 0.29) is 11.9 Å². The largest absolute Gasteiger partial charge is 0.445 e. The summed E-state index contributed by atoms with van der Waals surface area (Å²) >= 11 is 2.07. The first-order chi connectivity index (χ1) is 14.0. The number of amides is 1. The zero-order valence-electron chi connectivity index (χ0n) is 16.6. The average molecular weight is 504 g/mol. The molecular weight excluding hydrogens is 479 g/mol. The summed E-state index contributed by atoms with van der Waals surface area (Å²) in [6.45, 7) is 0. The first-order valence-electron chi connectivity index (χ1n) is 9.89. The lowest BCUT2D eigenvalue weighted by atomic mass is 9.91. The van der Waals surface area contributed by atoms with Gasteiger partial charge in [-0.25, -0.2) is 4.98 Å². The Morgan fingerprint density at radius 3 is 2.52 bits per heavy atom. The van der Waals surface area contributed by atoms with Crippen LogP contribution in [0.1, 0.15) is 36.2 Å². The van der Waals surface area contributed by atoms with Crippen molar-refractivity contribution in [3.63, 3.8) is 0 Å². The van der Waals surface area contributed by atoms with E-state index in [1.54, 1.807) is 12.1 Å². The van der Waals surface area contributed by atoms with Gasteiger partial charge in [0.05, 0.1) is 5.52 Å². The molecular formula is C22H25IN4O2. The maximum Gasteiger partial charge on any atom is 0.287 e. The number of fused-ring (bicyclic) bond motifs is 1. The summed E-state index contributed by atoms with van der Waals surface area (Å²) in [5, 5.41) is 7.86. The number of pyridine rings is 1. The van der Waals surface area contributed by atoms with E-state index < -0.39 is 0 Å². The molecule has 7 heteroatoms. The molecule has 1 amide bonds. The highest BCUT2D eigenvalue weighted by Crippen LogP contribution is 2.29. The van der Waals surface area contributed by atoms with E-state index in [0.717, 1.165) is 51.9 Å². The molecule has 0 aliphatic heterocycles. The number of rotatable bonds is 5. The van der Waals surface area contributed by atoms with Gasteiger partial charge in [-0.2, -0.15) is 0 Å². The summed E-state index contributed by atoms with van der Waals surface area (Å²) < 4.78 is 6.13. The van der Waals surface area contributed by atoms with Gasteiger partial charge in [0.25, 0.3) is 5.91 Å². The molecule has 1 saturated carbocycles. The summed E-state index contributed by atoms with van der Waals surface area (Å²) in [4.78, 5) is 19.2. The third-order valence-corrected chi connectivity index (χ3v) is 5.97. The SMILES string of the molecule is CN(C)c1cc(N[C@H]2CC[C@@H](NC(=O)c3ccc(I)o3)CC2)nc2ccccc12. The number of hydrogen-bond donors (Lipinski definition) is 2. The van der Waals surface area contributed by atoms with Crippen LogP contribution in [0, 0.1) is 3.77 Å². The lowest BCUT2D eigenvalue weighted by molar-refractivity contribution is 0.0897. The molecule has 2 heterocycles. The normalized spacial score (nSPS) is 19.1. The highest BCUT2D eigenvalue weighted by Gasteiger charge is 2.24. The van der Waals surface area contributed by atoms with E-state index in [4.69, 9.17) is 9.40 Å². The van der Waals surface area contributed by atoms with Crippen molar-refractivity contribution in [2.75, 3.05) is 24.3 Å². The number of benzene rings is 1. The van der Waals surface area contributed by atoms with Gasteiger partial charge in [-0.1, -0.05) is 18.2 Å². The van der Waals surface area contributed by atoms with Crippen LogP contribution >= 0.6 is 22.6 Å². The fraction of sp³-hybridized carbons (Fsp3) is 0.364. The Balaban J connectivity index is 1.38. The Hall–Kier alpha value is -2.29. The molecule has 6 nitrogen and oxygen atoms in total. The number of carbonyl (C=O) groups is 1. The summed E-state index contributed by atoms with van der Waals surface area (Å²) in [7, 11) is 4.11. The summed E-state index contributed by atoms with van der Waals surface area (Å²) in [6.07, 6.45) is 3.86. The van der Waals surface area contributed by atoms with Crippen LogP contribution in [0.5, 0.6) is 0 Å². The second-order valence-corrected chi connectivity index (χ2v) is 8.77. The minimum absolute atomic E-state index is 0.129. The Morgan fingerprint density at radius 2 is 1.83 bits per heavy atom. The van der Waals surface area contributed by atoms with Crippen LogP contribution in [0.2, 0.25) is 0 Å². The molecule has 0 unspecified atom stereocenters. The van der Waals surface area contributed by atoms with Gasteiger partial charge in [0.15, 0.2) is 9.53 Å². The second-order valence-electron chi connectivity index (χ2n) is 7.71. The third-order valence-electron chi connectivity index (χ3n) is 5.39. The Labute approximate surface area is 184 Å². The van der Waals surface area contributed by atoms with Crippen LogP contribution in [0.15, 0.2) is 46.9 Å². The van der Waals surface area contributed by atoms with Crippen molar-refractivity contribution >= 4 is 50.9 Å². The van der Waals surface area contributed by atoms with Gasteiger partial charge in [0.1, 0.15) is 5.82 Å². The summed E-state index contributed by atoms with van der Waals surface area (Å²) in [5.74, 6) is 1.16. The van der Waals surface area contributed by atoms with Crippen molar-refractivity contribution in [1.29, 1.82) is 0 Å². The predicted octanol–water partition coefficient (Wildman–Crippen LogP) is 4.65. The molecule has 0 radical (unpaired) electrons. The Bertz CT molecular complexity index is 1010. The van der Waals surface area contributed by atoms with Crippen LogP contribution in [0.3, 0.4) is 0 Å². The molecule has 1 fully saturated rings. The molecule has 0 atom stereocenters. The highest BCUT2D eigenvalue weighted by atomic mass is 127. The van der Waals surface area contributed by atoms with Gasteiger partial charge < -0.3 is 20.0 Å². The third kappa shape index (κ3) is 4.66. The molecule has 1 aliphatic carbocycles. The van der Waals surface area contributed by atoms with Gasteiger partial charge in [-0.05, 0) is 66.5 Å². The maximum absolute atomic E-state index is 12.3. The van der Waals surface area contributed by atoms with Crippen molar-refractivity contribution in [2.45, 2.75) is 37.8 Å². The number of carbonyl (C=O) groups excluding carboxylic acids is 1. The lowest BCUT2D eigenvalue weighted by Crippen LogP contribution is -2.40. The zero-order chi connectivity index (χ0) is 20.4. The number of aromatic nitrogens is 1. The van der Waals surface area contributed by atoms with Gasteiger partial charge in [-0.15, -0.1) is 0 Å². The van der Waals surface area contributed by atoms with Crippen LogP contribution in [-0.2, 0) is 0 Å². The van der Waals surface area contributed by atoms with Crippen LogP contribution < -0.4 is 15.5 Å². The van der Waals surface area contributed by atoms with Gasteiger partial charge in [-0.3, -0.25) is 4.79 Å². The molecule has 2 N–H and O–H groups in total. The maximum atomic E-state index is 12.3. The quantitative estimate of drug-likeness (QED) is 0.495. The molecule has 4 rings (SSSR count). The summed E-state index contributed by atoms with van der Waals surface area (Å²) in [6, 6.07) is 14.4. The number of halogens is 1. The van der Waals surface area contributed by atoms with E-state index in [2.05, 4.69) is 70.4 Å². The zero-order valence-corrected chi connectivity index (χ0v) is 18.8. The fourth-order valence-electron chi connectivity index (χ4n) is 3.89. The first kappa shape index (κ1) is 20.0. The van der Waals surface area contributed by atoms with Crippen molar-refractivity contribution in [3.8, 4) is 0 Å². The monoisotopic (exact) mass is 504 g/mol. The van der Waals surface area contributed by atoms with E-state index >= 15 is 0 Å². The molecule has 29 heavy (non-hydrogen) atoms. The minimum atomic E-state index is -0.129. The Morgan fingerprint density at radius 1 is 1.10 bits per heavy atom. The van der Waals surface area contributed by atoms with Gasteiger partial charge in [0.2, 0.25) is 0 Å². The highest BCUT2D eigenvalue weighted by molar-refractivity contribution is 14.1. The fourth-order valence-corrected chi connectivity index (χ4v) is 4.30. The number of para-hydroxylation sites is 1. The summed E-state index contributed by atoms with van der Waals surface area (Å²) in [5.41, 5.74) is 2.15. The first-order valence-corrected chi connectivity index (χ1v) is 11.0. The number of hydrogen-bond acceptors (Lipinski definition) is 5. The molecule has 0 saturated heterocycles. The minimum Gasteiger partial charge on any atom is -0.445 e. The van der Waals surface area contributed by atoms with Crippen molar-refractivity contribution in [3.05, 3.63) is 52.0 Å². The van der Waals surface area contributed by atoms with Crippen LogP contribution in [0.4, 0.5) is 11.5 Å². The smallest absolute Gasteiger partial charge is 0.287 e. The van der Waals surface area contributed by atoms with Crippen LogP contribution in [-0.4, -0.2) is 37.1 Å². The van der Waals surface area contributed by atoms with Crippen molar-refractivity contribution in [1.82, 2.24) is 10.3 Å². The number of furan rings is 1. The molecule has 2 aromatic heterocycles. The predicted molar refractivity (Wildman–Crippen MR) is 125 cm³/mol. The van der Waals surface area contributed by atoms with E-state index in [1.165, 1.54) is 0 Å². The van der Waals surface area contributed by atoms with Crippen LogP contribution in [0.25, 0.3) is 10.9 Å². The number of anilines is 2. The van der Waals surface area contributed by atoms with Crippen molar-refractivity contribution < 1.29 is 9.21 Å². The van der Waals surface area contributed by atoms with E-state index in [1.807, 2.05) is 12.1 Å². The average Bonchev–Trinajstić information content (AvgIpc) is 3.15. The van der Waals surface area contributed by atoms with Gasteiger partial charge in [0, 0.05) is 43.3 Å². The molecule has 1 aromatic carbocycles. The molecule has 0 bridgehead atoms. The molecule has 152 valence electrons. The topological polar surface area (TPSA) is 70.4 Å². The van der Waals surface area contributed by atoms with E-state index in [9.17, 15) is 4.79 Å². The van der Waals surface area contributed by atoms with Gasteiger partial charge >= 0.3 is 0 Å². The van der Waals surface area contributed by atoms with Crippen molar-refractivity contribution in [2.24, 2.45) is 0 Å². The van der Waals surface area contributed by atoms with E-state index in [0.29, 0.717) is 11.8 Å². The Kier molecular flexibility index (Phi) is 5.94.